The van der Waals surface area contributed by atoms with Crippen LogP contribution in [0.5, 0.6) is 0 Å². The topological polar surface area (TPSA) is 29.4 Å². The zero-order valence-corrected chi connectivity index (χ0v) is 21.4. The van der Waals surface area contributed by atoms with Gasteiger partial charge in [0.05, 0.1) is 5.71 Å². The summed E-state index contributed by atoms with van der Waals surface area (Å²) in [6.07, 6.45) is 14.3. The molecule has 0 bridgehead atoms. The van der Waals surface area contributed by atoms with Gasteiger partial charge < -0.3 is 0 Å². The lowest BCUT2D eigenvalue weighted by Gasteiger charge is -2.58. The fourth-order valence-corrected chi connectivity index (χ4v) is 7.06. The lowest BCUT2D eigenvalue weighted by molar-refractivity contribution is -0.0661. The van der Waals surface area contributed by atoms with E-state index in [-0.39, 0.29) is 11.8 Å². The first-order valence-corrected chi connectivity index (χ1v) is 13.2. The fourth-order valence-electron chi connectivity index (χ4n) is 7.06. The van der Waals surface area contributed by atoms with Gasteiger partial charge in [0.1, 0.15) is 0 Å². The molecule has 0 radical (unpaired) electrons. The van der Waals surface area contributed by atoms with E-state index in [0.717, 1.165) is 35.6 Å². The molecule has 35 heavy (non-hydrogen) atoms. The summed E-state index contributed by atoms with van der Waals surface area (Å²) in [6.45, 7) is 8.76. The van der Waals surface area contributed by atoms with Gasteiger partial charge in [-0.1, -0.05) is 61.5 Å². The zero-order chi connectivity index (χ0) is 24.3. The quantitative estimate of drug-likeness (QED) is 0.418. The molecule has 1 heterocycles. The molecular formula is C33H35NO. The van der Waals surface area contributed by atoms with Crippen LogP contribution in [0.3, 0.4) is 0 Å². The van der Waals surface area contributed by atoms with Gasteiger partial charge in [0.2, 0.25) is 0 Å². The monoisotopic (exact) mass is 461 g/mol. The smallest absolute Gasteiger partial charge is 0.166 e. The Morgan fingerprint density at radius 3 is 2.54 bits per heavy atom. The molecule has 178 valence electrons. The summed E-state index contributed by atoms with van der Waals surface area (Å²) in [5.41, 5.74) is 11.2. The molecule has 1 aliphatic heterocycles. The highest BCUT2D eigenvalue weighted by Gasteiger charge is 2.56. The maximum atomic E-state index is 13.4. The number of carbonyl (C=O) groups is 1. The van der Waals surface area contributed by atoms with Crippen LogP contribution in [0.4, 0.5) is 0 Å². The first-order chi connectivity index (χ1) is 16.8. The number of Topliss-reactive ketones (excluding diaryl/α,β-unsaturated/α-hetero) is 1. The molecule has 2 nitrogen and oxygen atoms in total. The molecule has 0 saturated heterocycles. The number of aliphatic imine (C=N–C) groups is 1. The average molecular weight is 462 g/mol. The molecule has 1 spiro atoms. The highest BCUT2D eigenvalue weighted by Crippen LogP contribution is 2.62. The lowest BCUT2D eigenvalue weighted by Crippen LogP contribution is -2.52. The van der Waals surface area contributed by atoms with Crippen molar-refractivity contribution < 1.29 is 4.79 Å². The Morgan fingerprint density at radius 2 is 1.86 bits per heavy atom. The third-order valence-electron chi connectivity index (χ3n) is 9.19. The van der Waals surface area contributed by atoms with Crippen molar-refractivity contribution in [1.82, 2.24) is 0 Å². The number of allylic oxidation sites excluding steroid dienone is 5. The van der Waals surface area contributed by atoms with E-state index in [1.165, 1.54) is 52.7 Å². The number of rotatable bonds is 5. The average Bonchev–Trinajstić information content (AvgIpc) is 3.23. The minimum Gasteiger partial charge on any atom is -0.294 e. The molecule has 2 unspecified atom stereocenters. The Morgan fingerprint density at radius 1 is 1.03 bits per heavy atom. The Bertz CT molecular complexity index is 1350. The van der Waals surface area contributed by atoms with Crippen LogP contribution in [0.15, 0.2) is 71.4 Å². The van der Waals surface area contributed by atoms with E-state index >= 15 is 0 Å². The molecular weight excluding hydrogens is 426 g/mol. The Labute approximate surface area is 209 Å². The molecule has 2 aromatic carbocycles. The first kappa shape index (κ1) is 22.5. The molecule has 2 heteroatoms. The molecule has 0 N–H and O–H groups in total. The number of nitrogens with zero attached hydrogens (tertiary/aromatic N) is 1. The van der Waals surface area contributed by atoms with Crippen LogP contribution in [0.1, 0.15) is 70.8 Å². The molecule has 2 saturated carbocycles. The summed E-state index contributed by atoms with van der Waals surface area (Å²) in [7, 11) is 0. The van der Waals surface area contributed by atoms with Crippen molar-refractivity contribution in [3.8, 4) is 0 Å². The normalized spacial score (nSPS) is 28.6. The van der Waals surface area contributed by atoms with Gasteiger partial charge in [-0.15, -0.1) is 0 Å². The van der Waals surface area contributed by atoms with Crippen LogP contribution >= 0.6 is 0 Å². The van der Waals surface area contributed by atoms with E-state index in [0.29, 0.717) is 11.2 Å². The third kappa shape index (κ3) is 3.69. The Kier molecular flexibility index (Phi) is 5.32. The predicted molar refractivity (Wildman–Crippen MR) is 145 cm³/mol. The van der Waals surface area contributed by atoms with E-state index in [2.05, 4.69) is 88.5 Å². The SMILES string of the molecule is Cc1ccc(C2=CN=C3C(Cc4ccc(C(=O)C5CCC56CC(C)C6)c(C)c4)=CC=CC23)cc1C. The van der Waals surface area contributed by atoms with E-state index in [1.807, 2.05) is 0 Å². The maximum Gasteiger partial charge on any atom is 0.166 e. The summed E-state index contributed by atoms with van der Waals surface area (Å²) in [5.74, 6) is 1.64. The van der Waals surface area contributed by atoms with Crippen LogP contribution in [-0.4, -0.2) is 11.5 Å². The van der Waals surface area contributed by atoms with Crippen molar-refractivity contribution in [3.05, 3.63) is 99.8 Å². The highest BCUT2D eigenvalue weighted by atomic mass is 16.1. The highest BCUT2D eigenvalue weighted by molar-refractivity contribution is 6.13. The number of benzene rings is 2. The van der Waals surface area contributed by atoms with Crippen molar-refractivity contribution in [2.24, 2.45) is 28.2 Å². The first-order valence-electron chi connectivity index (χ1n) is 13.2. The maximum absolute atomic E-state index is 13.4. The van der Waals surface area contributed by atoms with Crippen LogP contribution in [0.25, 0.3) is 5.57 Å². The number of hydrogen-bond donors (Lipinski definition) is 0. The lowest BCUT2D eigenvalue weighted by atomic mass is 9.45. The van der Waals surface area contributed by atoms with Gasteiger partial charge in [-0.25, -0.2) is 0 Å². The van der Waals surface area contributed by atoms with E-state index in [1.54, 1.807) is 0 Å². The molecule has 2 fully saturated rings. The van der Waals surface area contributed by atoms with Crippen LogP contribution in [0, 0.1) is 43.9 Å². The Hall–Kier alpha value is -3.00. The van der Waals surface area contributed by atoms with Crippen molar-refractivity contribution in [3.63, 3.8) is 0 Å². The fraction of sp³-hybridized carbons (Fsp3) is 0.394. The van der Waals surface area contributed by atoms with Gasteiger partial charge in [0.25, 0.3) is 0 Å². The van der Waals surface area contributed by atoms with E-state index in [4.69, 9.17) is 4.99 Å². The third-order valence-corrected chi connectivity index (χ3v) is 9.19. The summed E-state index contributed by atoms with van der Waals surface area (Å²) in [5, 5.41) is 0. The van der Waals surface area contributed by atoms with E-state index < -0.39 is 0 Å². The number of hydrogen-bond acceptors (Lipinski definition) is 2. The number of fused-ring (bicyclic) bond motifs is 1. The Balaban J connectivity index is 1.17. The number of carbonyl (C=O) groups excluding carboxylic acids is 1. The van der Waals surface area contributed by atoms with Crippen LogP contribution in [0.2, 0.25) is 0 Å². The number of aryl methyl sites for hydroxylation is 3. The molecule has 4 aliphatic rings. The van der Waals surface area contributed by atoms with Gasteiger partial charge >= 0.3 is 0 Å². The molecule has 6 rings (SSSR count). The van der Waals surface area contributed by atoms with Crippen molar-refractivity contribution in [2.75, 3.05) is 0 Å². The van der Waals surface area contributed by atoms with E-state index in [9.17, 15) is 4.79 Å². The summed E-state index contributed by atoms with van der Waals surface area (Å²) in [4.78, 5) is 18.3. The van der Waals surface area contributed by atoms with Crippen LogP contribution < -0.4 is 0 Å². The molecule has 3 aliphatic carbocycles. The molecule has 0 amide bonds. The molecule has 2 atom stereocenters. The summed E-state index contributed by atoms with van der Waals surface area (Å²) >= 11 is 0. The minimum absolute atomic E-state index is 0.221. The van der Waals surface area contributed by atoms with Crippen LogP contribution in [-0.2, 0) is 6.42 Å². The van der Waals surface area contributed by atoms with Crippen molar-refractivity contribution in [1.29, 1.82) is 0 Å². The van der Waals surface area contributed by atoms with Gasteiger partial charge in [0, 0.05) is 23.6 Å². The molecule has 0 aromatic heterocycles. The van der Waals surface area contributed by atoms with Gasteiger partial charge in [-0.3, -0.25) is 9.79 Å². The van der Waals surface area contributed by atoms with Crippen molar-refractivity contribution in [2.45, 2.75) is 59.8 Å². The zero-order valence-electron chi connectivity index (χ0n) is 21.4. The predicted octanol–water partition coefficient (Wildman–Crippen LogP) is 7.77. The van der Waals surface area contributed by atoms with Crippen molar-refractivity contribution >= 4 is 17.1 Å². The second-order valence-corrected chi connectivity index (χ2v) is 11.6. The summed E-state index contributed by atoms with van der Waals surface area (Å²) in [6, 6.07) is 13.2. The van der Waals surface area contributed by atoms with Gasteiger partial charge in [-0.2, -0.15) is 0 Å². The molecule has 2 aromatic rings. The second kappa shape index (κ2) is 8.29. The minimum atomic E-state index is 0.221. The largest absolute Gasteiger partial charge is 0.294 e. The van der Waals surface area contributed by atoms with Gasteiger partial charge in [0.15, 0.2) is 5.78 Å². The number of ketones is 1. The second-order valence-electron chi connectivity index (χ2n) is 11.6. The summed E-state index contributed by atoms with van der Waals surface area (Å²) < 4.78 is 0. The standard InChI is InChI=1S/C33H35NO/c1-20-17-33(18-20)13-12-30(33)32(35)27-11-9-24(14-23(27)4)16-26-6-5-7-28-29(19-34-31(26)28)25-10-8-21(2)22(3)15-25/h5-11,14-15,19-20,28,30H,12-13,16-18H2,1-4H3. The van der Waals surface area contributed by atoms with Gasteiger partial charge in [-0.05, 0) is 103 Å².